The van der Waals surface area contributed by atoms with E-state index in [0.717, 1.165) is 61.6 Å². The molecule has 53 heavy (non-hydrogen) atoms. The molecule has 5 aliphatic carbocycles. The fourth-order valence-corrected chi connectivity index (χ4v) is 9.90. The standard InChI is InChI=1S/C49H48N4/c1-48(2)26-27-49(3,4)43-41(48)25-24-39-38-20-12-13-21-42(38)53(44(39)43)36-29-34-18-10-11-19-37(34)40(30-36)47-51-45(32-15-6-5-7-16-32)50-46(52-47)35-23-22-31-14-8-9-17-33(31)28-35/h5-6,8-9,11-15,17,19-22,24-25,28,30,34-35H,7,10,16,18,23,26-27,29H2,1-4H3. The van der Waals surface area contributed by atoms with Gasteiger partial charge < -0.3 is 4.57 Å². The molecule has 5 aromatic rings. The number of nitrogens with zero attached hydrogens (tertiary/aromatic N) is 4. The predicted molar refractivity (Wildman–Crippen MR) is 221 cm³/mol. The topological polar surface area (TPSA) is 43.6 Å². The highest BCUT2D eigenvalue weighted by atomic mass is 15.0. The van der Waals surface area contributed by atoms with Crippen LogP contribution in [-0.2, 0) is 10.8 Å². The molecule has 0 amide bonds. The molecule has 0 fully saturated rings. The third kappa shape index (κ3) is 5.36. The third-order valence-corrected chi connectivity index (χ3v) is 12.9. The van der Waals surface area contributed by atoms with Crippen LogP contribution in [0.1, 0.15) is 114 Å². The molecule has 0 radical (unpaired) electrons. The Morgan fingerprint density at radius 2 is 1.58 bits per heavy atom. The summed E-state index contributed by atoms with van der Waals surface area (Å²) >= 11 is 0. The summed E-state index contributed by atoms with van der Waals surface area (Å²) in [5, 5.41) is 5.23. The van der Waals surface area contributed by atoms with Gasteiger partial charge in [-0.25, -0.2) is 15.0 Å². The number of fused-ring (bicyclic) bond motifs is 7. The van der Waals surface area contributed by atoms with Gasteiger partial charge in [-0.2, -0.15) is 0 Å². The molecule has 2 aromatic heterocycles. The van der Waals surface area contributed by atoms with Crippen molar-refractivity contribution >= 4 is 50.8 Å². The Labute approximate surface area is 312 Å². The zero-order valence-electron chi connectivity index (χ0n) is 31.5. The molecule has 264 valence electrons. The monoisotopic (exact) mass is 692 g/mol. The lowest BCUT2D eigenvalue weighted by Gasteiger charge is -2.42. The summed E-state index contributed by atoms with van der Waals surface area (Å²) < 4.78 is 2.65. The van der Waals surface area contributed by atoms with Crippen LogP contribution in [0.3, 0.4) is 0 Å². The van der Waals surface area contributed by atoms with Gasteiger partial charge in [0, 0.05) is 28.0 Å². The predicted octanol–water partition coefficient (Wildman–Crippen LogP) is 10.5. The summed E-state index contributed by atoms with van der Waals surface area (Å²) in [5.41, 5.74) is 11.0. The smallest absolute Gasteiger partial charge is 0.164 e. The second-order valence-corrected chi connectivity index (χ2v) is 17.2. The second kappa shape index (κ2) is 12.2. The van der Waals surface area contributed by atoms with Gasteiger partial charge in [-0.3, -0.25) is 0 Å². The molecular formula is C49H48N4. The van der Waals surface area contributed by atoms with Crippen LogP contribution < -0.4 is 10.4 Å². The fourth-order valence-electron chi connectivity index (χ4n) is 9.90. The minimum absolute atomic E-state index is 0.0649. The Kier molecular flexibility index (Phi) is 7.51. The van der Waals surface area contributed by atoms with Crippen molar-refractivity contribution in [2.24, 2.45) is 5.92 Å². The molecule has 2 atom stereocenters. The van der Waals surface area contributed by atoms with Crippen LogP contribution in [0.4, 0.5) is 0 Å². The van der Waals surface area contributed by atoms with Gasteiger partial charge in [0.25, 0.3) is 0 Å². The Balaban J connectivity index is 1.22. The summed E-state index contributed by atoms with van der Waals surface area (Å²) in [7, 11) is 0. The van der Waals surface area contributed by atoms with Crippen LogP contribution in [0, 0.1) is 5.92 Å². The van der Waals surface area contributed by atoms with Gasteiger partial charge >= 0.3 is 0 Å². The summed E-state index contributed by atoms with van der Waals surface area (Å²) in [4.78, 5) is 16.0. The van der Waals surface area contributed by atoms with Crippen molar-refractivity contribution < 1.29 is 0 Å². The Bertz CT molecular complexity index is 2640. The molecule has 0 aliphatic heterocycles. The number of benzene rings is 3. The molecule has 10 rings (SSSR count). The van der Waals surface area contributed by atoms with Gasteiger partial charge in [-0.05, 0) is 113 Å². The van der Waals surface area contributed by atoms with Gasteiger partial charge in [0.05, 0.1) is 11.0 Å². The van der Waals surface area contributed by atoms with Crippen molar-refractivity contribution in [2.75, 3.05) is 0 Å². The molecule has 2 unspecified atom stereocenters. The van der Waals surface area contributed by atoms with E-state index in [1.807, 2.05) is 0 Å². The maximum atomic E-state index is 5.43. The molecule has 4 nitrogen and oxygen atoms in total. The molecule has 0 saturated carbocycles. The van der Waals surface area contributed by atoms with Crippen LogP contribution >= 0.6 is 0 Å². The molecule has 5 aliphatic rings. The number of allylic oxidation sites excluding steroid dienone is 10. The van der Waals surface area contributed by atoms with E-state index in [2.05, 4.69) is 142 Å². The van der Waals surface area contributed by atoms with Crippen molar-refractivity contribution in [1.29, 1.82) is 0 Å². The van der Waals surface area contributed by atoms with E-state index in [-0.39, 0.29) is 16.7 Å². The highest BCUT2D eigenvalue weighted by Gasteiger charge is 2.40. The van der Waals surface area contributed by atoms with E-state index in [4.69, 9.17) is 15.0 Å². The molecular weight excluding hydrogens is 645 g/mol. The highest BCUT2D eigenvalue weighted by molar-refractivity contribution is 6.12. The largest absolute Gasteiger partial charge is 0.313 e. The normalized spacial score (nSPS) is 22.7. The van der Waals surface area contributed by atoms with E-state index >= 15 is 0 Å². The van der Waals surface area contributed by atoms with Gasteiger partial charge in [-0.1, -0.05) is 125 Å². The third-order valence-electron chi connectivity index (χ3n) is 12.9. The molecule has 2 heterocycles. The van der Waals surface area contributed by atoms with Crippen LogP contribution in [0.5, 0.6) is 0 Å². The summed E-state index contributed by atoms with van der Waals surface area (Å²) in [5.74, 6) is 2.99. The molecule has 0 saturated heterocycles. The van der Waals surface area contributed by atoms with Crippen molar-refractivity contribution in [3.8, 4) is 0 Å². The van der Waals surface area contributed by atoms with Crippen molar-refractivity contribution in [1.82, 2.24) is 19.5 Å². The van der Waals surface area contributed by atoms with E-state index in [9.17, 15) is 0 Å². The molecule has 3 aromatic carbocycles. The SMILES string of the molecule is CC1(C)CCC(C)(C)c2c1ccc1c3ccccc3n(C3=CC(c4nc(C5=CC=CCC5)nc(C5C=c6ccccc6=CC5)n4)=C4C=CCCC4C3)c21. The average molecular weight is 693 g/mol. The van der Waals surface area contributed by atoms with Crippen LogP contribution in [0.2, 0.25) is 0 Å². The molecule has 0 bridgehead atoms. The zero-order chi connectivity index (χ0) is 35.9. The summed E-state index contributed by atoms with van der Waals surface area (Å²) in [6.07, 6.45) is 26.9. The van der Waals surface area contributed by atoms with Gasteiger partial charge in [-0.15, -0.1) is 0 Å². The number of hydrogen-bond donors (Lipinski definition) is 0. The maximum absolute atomic E-state index is 5.43. The van der Waals surface area contributed by atoms with Gasteiger partial charge in [0.15, 0.2) is 11.6 Å². The Morgan fingerprint density at radius 3 is 2.45 bits per heavy atom. The minimum atomic E-state index is 0.0649. The second-order valence-electron chi connectivity index (χ2n) is 17.2. The van der Waals surface area contributed by atoms with Crippen LogP contribution in [-0.4, -0.2) is 19.5 Å². The number of aromatic nitrogens is 4. The lowest BCUT2D eigenvalue weighted by molar-refractivity contribution is 0.334. The maximum Gasteiger partial charge on any atom is 0.164 e. The molecule has 4 heteroatoms. The number of para-hydroxylation sites is 1. The lowest BCUT2D eigenvalue weighted by atomic mass is 9.62. The summed E-state index contributed by atoms with van der Waals surface area (Å²) in [6, 6.07) is 22.6. The first kappa shape index (κ1) is 32.6. The van der Waals surface area contributed by atoms with E-state index in [1.165, 1.54) is 73.1 Å². The average Bonchev–Trinajstić information content (AvgIpc) is 3.53. The first-order valence-corrected chi connectivity index (χ1v) is 19.8. The number of rotatable bonds is 4. The van der Waals surface area contributed by atoms with Crippen LogP contribution in [0.25, 0.3) is 50.8 Å². The first-order chi connectivity index (χ1) is 25.7. The summed E-state index contributed by atoms with van der Waals surface area (Å²) in [6.45, 7) is 9.81. The lowest BCUT2D eigenvalue weighted by Crippen LogP contribution is -2.34. The van der Waals surface area contributed by atoms with E-state index in [0.29, 0.717) is 5.92 Å². The van der Waals surface area contributed by atoms with Crippen molar-refractivity contribution in [3.63, 3.8) is 0 Å². The van der Waals surface area contributed by atoms with Gasteiger partial charge in [0.2, 0.25) is 0 Å². The molecule has 0 N–H and O–H groups in total. The van der Waals surface area contributed by atoms with E-state index in [1.54, 1.807) is 0 Å². The quantitative estimate of drug-likeness (QED) is 0.188. The molecule has 0 spiro atoms. The fraction of sp³-hybridized carbons (Fsp3) is 0.327. The van der Waals surface area contributed by atoms with Crippen LogP contribution in [0.15, 0.2) is 103 Å². The first-order valence-electron chi connectivity index (χ1n) is 19.8. The Morgan fingerprint density at radius 1 is 0.774 bits per heavy atom. The van der Waals surface area contributed by atoms with Crippen molar-refractivity contribution in [2.45, 2.75) is 95.8 Å². The highest BCUT2D eigenvalue weighted by Crippen LogP contribution is 2.52. The number of hydrogen-bond acceptors (Lipinski definition) is 3. The minimum Gasteiger partial charge on any atom is -0.313 e. The van der Waals surface area contributed by atoms with E-state index < -0.39 is 0 Å². The van der Waals surface area contributed by atoms with Crippen molar-refractivity contribution in [3.05, 3.63) is 142 Å². The van der Waals surface area contributed by atoms with Gasteiger partial charge in [0.1, 0.15) is 5.82 Å². The Hall–Kier alpha value is -5.09. The zero-order valence-corrected chi connectivity index (χ0v) is 31.5.